The van der Waals surface area contributed by atoms with Crippen molar-refractivity contribution in [1.82, 2.24) is 34.6 Å². The number of hydroxylamine groups is 1. The number of ether oxygens (including phenoxy) is 1. The molecule has 0 saturated heterocycles. The molecular formula is C25H22F3N7O5S. The van der Waals surface area contributed by atoms with E-state index >= 15 is 0 Å². The van der Waals surface area contributed by atoms with Gasteiger partial charge in [-0.2, -0.15) is 18.3 Å². The van der Waals surface area contributed by atoms with Gasteiger partial charge in [-0.1, -0.05) is 19.1 Å². The molecule has 1 amide bonds. The summed E-state index contributed by atoms with van der Waals surface area (Å²) < 4.78 is 73.5. The minimum atomic E-state index is -4.65. The predicted octanol–water partition coefficient (Wildman–Crippen LogP) is 3.36. The van der Waals surface area contributed by atoms with Crippen molar-refractivity contribution in [2.24, 2.45) is 7.05 Å². The van der Waals surface area contributed by atoms with Crippen LogP contribution in [0.5, 0.6) is 5.75 Å². The monoisotopic (exact) mass is 589 g/mol. The minimum absolute atomic E-state index is 0.0244. The van der Waals surface area contributed by atoms with Crippen LogP contribution in [0, 0.1) is 0 Å². The standard InChI is InChI=1S/C25H22F3N7O5S/c1-4-41(37,38)24-19(22-31-17-11-15(25(26,27)28)12-30-20(17)34(22)2)21-29-10-9-18(35(21)32-24)23(36)33-40-13-14-5-7-16(39-3)8-6-14/h5-12H,4,13H2,1-3H3,(H,33,36). The highest BCUT2D eigenvalue weighted by molar-refractivity contribution is 7.91. The molecule has 0 aliphatic carbocycles. The number of aromatic nitrogens is 6. The van der Waals surface area contributed by atoms with E-state index in [0.29, 0.717) is 11.9 Å². The van der Waals surface area contributed by atoms with Gasteiger partial charge >= 0.3 is 6.18 Å². The highest BCUT2D eigenvalue weighted by Crippen LogP contribution is 2.35. The van der Waals surface area contributed by atoms with Crippen molar-refractivity contribution in [1.29, 1.82) is 0 Å². The Morgan fingerprint density at radius 1 is 1.10 bits per heavy atom. The number of rotatable bonds is 8. The van der Waals surface area contributed by atoms with Crippen LogP contribution in [0.25, 0.3) is 28.2 Å². The number of sulfone groups is 1. The van der Waals surface area contributed by atoms with Crippen LogP contribution in [0.4, 0.5) is 13.2 Å². The number of nitrogens with zero attached hydrogens (tertiary/aromatic N) is 6. The van der Waals surface area contributed by atoms with Crippen LogP contribution in [0.2, 0.25) is 0 Å². The fraction of sp³-hybridized carbons (Fsp3) is 0.240. The van der Waals surface area contributed by atoms with E-state index in [0.717, 1.165) is 16.1 Å². The maximum Gasteiger partial charge on any atom is 0.417 e. The lowest BCUT2D eigenvalue weighted by atomic mass is 10.2. The van der Waals surface area contributed by atoms with Crippen LogP contribution in [0.3, 0.4) is 0 Å². The zero-order chi connectivity index (χ0) is 29.5. The van der Waals surface area contributed by atoms with Gasteiger partial charge in [-0.3, -0.25) is 9.63 Å². The third kappa shape index (κ3) is 5.18. The zero-order valence-corrected chi connectivity index (χ0v) is 22.6. The van der Waals surface area contributed by atoms with Gasteiger partial charge in [0.15, 0.2) is 26.2 Å². The second-order valence-electron chi connectivity index (χ2n) is 8.78. The molecule has 0 aliphatic heterocycles. The molecule has 0 aliphatic rings. The topological polar surface area (TPSA) is 143 Å². The zero-order valence-electron chi connectivity index (χ0n) is 21.8. The smallest absolute Gasteiger partial charge is 0.417 e. The second-order valence-corrected chi connectivity index (χ2v) is 11.0. The number of carbonyl (C=O) groups excluding carboxylic acids is 1. The van der Waals surface area contributed by atoms with Crippen molar-refractivity contribution < 1.29 is 36.0 Å². The number of halogens is 3. The van der Waals surface area contributed by atoms with Gasteiger partial charge in [0, 0.05) is 19.4 Å². The van der Waals surface area contributed by atoms with Gasteiger partial charge in [0.2, 0.25) is 0 Å². The van der Waals surface area contributed by atoms with Crippen LogP contribution >= 0.6 is 0 Å². The summed E-state index contributed by atoms with van der Waals surface area (Å²) in [6.07, 6.45) is -2.72. The lowest BCUT2D eigenvalue weighted by molar-refractivity contribution is -0.137. The lowest BCUT2D eigenvalue weighted by Crippen LogP contribution is -2.26. The van der Waals surface area contributed by atoms with Gasteiger partial charge in [0.1, 0.15) is 28.3 Å². The normalized spacial score (nSPS) is 12.2. The van der Waals surface area contributed by atoms with E-state index in [1.807, 2.05) is 0 Å². The van der Waals surface area contributed by atoms with Crippen LogP contribution in [-0.4, -0.2) is 56.3 Å². The number of aryl methyl sites for hydroxylation is 1. The third-order valence-corrected chi connectivity index (χ3v) is 7.85. The fourth-order valence-corrected chi connectivity index (χ4v) is 5.03. The highest BCUT2D eigenvalue weighted by Gasteiger charge is 2.33. The molecule has 0 unspecified atom stereocenters. The lowest BCUT2D eigenvalue weighted by Gasteiger charge is -2.08. The summed E-state index contributed by atoms with van der Waals surface area (Å²) in [4.78, 5) is 30.7. The summed E-state index contributed by atoms with van der Waals surface area (Å²) >= 11 is 0. The number of fused-ring (bicyclic) bond motifs is 2. The van der Waals surface area contributed by atoms with Crippen molar-refractivity contribution in [2.75, 3.05) is 12.9 Å². The molecule has 0 bridgehead atoms. The van der Waals surface area contributed by atoms with Crippen molar-refractivity contribution >= 4 is 32.6 Å². The van der Waals surface area contributed by atoms with Crippen molar-refractivity contribution in [3.8, 4) is 17.1 Å². The Hall–Kier alpha value is -4.57. The molecule has 4 aromatic heterocycles. The molecule has 0 spiro atoms. The second kappa shape index (κ2) is 10.4. The van der Waals surface area contributed by atoms with Crippen molar-refractivity contribution in [3.05, 3.63) is 65.6 Å². The molecule has 1 aromatic carbocycles. The van der Waals surface area contributed by atoms with Crippen LogP contribution < -0.4 is 10.2 Å². The Labute approximate surface area is 230 Å². The molecule has 0 fully saturated rings. The largest absolute Gasteiger partial charge is 0.497 e. The summed E-state index contributed by atoms with van der Waals surface area (Å²) in [6, 6.07) is 9.09. The number of alkyl halides is 3. The van der Waals surface area contributed by atoms with Crippen molar-refractivity contribution in [2.45, 2.75) is 24.7 Å². The average Bonchev–Trinajstić information content (AvgIpc) is 3.50. The van der Waals surface area contributed by atoms with E-state index in [4.69, 9.17) is 9.57 Å². The Morgan fingerprint density at radius 3 is 2.49 bits per heavy atom. The number of carbonyl (C=O) groups is 1. The van der Waals surface area contributed by atoms with E-state index < -0.39 is 32.5 Å². The molecule has 1 N–H and O–H groups in total. The van der Waals surface area contributed by atoms with Crippen molar-refractivity contribution in [3.63, 3.8) is 0 Å². The maximum atomic E-state index is 13.3. The quantitative estimate of drug-likeness (QED) is 0.270. The van der Waals surface area contributed by atoms with Gasteiger partial charge in [-0.25, -0.2) is 33.4 Å². The molecule has 16 heteroatoms. The fourth-order valence-electron chi connectivity index (χ4n) is 4.06. The first kappa shape index (κ1) is 28.0. The van der Waals surface area contributed by atoms with Gasteiger partial charge in [0.05, 0.1) is 25.0 Å². The van der Waals surface area contributed by atoms with Gasteiger partial charge in [-0.15, -0.1) is 0 Å². The van der Waals surface area contributed by atoms with E-state index in [1.54, 1.807) is 24.3 Å². The number of imidazole rings is 1. The van der Waals surface area contributed by atoms with Crippen LogP contribution in [-0.2, 0) is 34.5 Å². The third-order valence-electron chi connectivity index (χ3n) is 6.22. The number of pyridine rings is 1. The number of methoxy groups -OCH3 is 1. The molecule has 5 aromatic rings. The average molecular weight is 590 g/mol. The summed E-state index contributed by atoms with van der Waals surface area (Å²) in [5.74, 6) is -0.491. The Morgan fingerprint density at radius 2 is 1.83 bits per heavy atom. The summed E-state index contributed by atoms with van der Waals surface area (Å²) in [6.45, 7) is 1.43. The molecule has 0 saturated carbocycles. The maximum absolute atomic E-state index is 13.3. The van der Waals surface area contributed by atoms with E-state index in [1.165, 1.54) is 37.9 Å². The Kier molecular flexibility index (Phi) is 7.12. The summed E-state index contributed by atoms with van der Waals surface area (Å²) in [7, 11) is -1.01. The summed E-state index contributed by atoms with van der Waals surface area (Å²) in [5, 5.41) is 3.75. The number of nitrogens with one attached hydrogen (secondary N) is 1. The molecule has 5 rings (SSSR count). The number of hydrogen-bond acceptors (Lipinski definition) is 9. The van der Waals surface area contributed by atoms with Crippen LogP contribution in [0.15, 0.2) is 53.8 Å². The molecule has 4 heterocycles. The van der Waals surface area contributed by atoms with Gasteiger partial charge in [0.25, 0.3) is 5.91 Å². The highest BCUT2D eigenvalue weighted by atomic mass is 32.2. The molecule has 41 heavy (non-hydrogen) atoms. The molecule has 0 atom stereocenters. The predicted molar refractivity (Wildman–Crippen MR) is 138 cm³/mol. The van der Waals surface area contributed by atoms with E-state index in [2.05, 4.69) is 25.5 Å². The van der Waals surface area contributed by atoms with E-state index in [9.17, 15) is 26.4 Å². The first-order valence-electron chi connectivity index (χ1n) is 12.0. The minimum Gasteiger partial charge on any atom is -0.497 e. The molecule has 0 radical (unpaired) electrons. The molecular weight excluding hydrogens is 567 g/mol. The molecule has 214 valence electrons. The number of benzene rings is 1. The molecule has 12 nitrogen and oxygen atoms in total. The Balaban J connectivity index is 1.57. The number of hydrogen-bond donors (Lipinski definition) is 1. The SMILES string of the molecule is CCS(=O)(=O)c1nn2c(C(=O)NOCc3ccc(OC)cc3)ccnc2c1-c1nc2cc(C(F)(F)F)cnc2n1C. The van der Waals surface area contributed by atoms with Gasteiger partial charge < -0.3 is 9.30 Å². The first-order chi connectivity index (χ1) is 19.4. The van der Waals surface area contributed by atoms with Gasteiger partial charge in [-0.05, 0) is 29.8 Å². The van der Waals surface area contributed by atoms with Crippen LogP contribution in [0.1, 0.15) is 28.5 Å². The number of amides is 1. The first-order valence-corrected chi connectivity index (χ1v) is 13.7. The van der Waals surface area contributed by atoms with E-state index in [-0.39, 0.29) is 46.3 Å². The Bertz CT molecular complexity index is 1880. The summed E-state index contributed by atoms with van der Waals surface area (Å²) in [5.41, 5.74) is 1.73.